The molecule has 1 heterocycles. The molecule has 2 aromatic carbocycles. The van der Waals surface area contributed by atoms with Crippen molar-refractivity contribution in [2.75, 3.05) is 6.61 Å². The molecule has 0 aliphatic heterocycles. The summed E-state index contributed by atoms with van der Waals surface area (Å²) in [5, 5.41) is 9.61. The molecule has 148 valence electrons. The van der Waals surface area contributed by atoms with Crippen molar-refractivity contribution >= 4 is 37.3 Å². The summed E-state index contributed by atoms with van der Waals surface area (Å²) >= 11 is 4.39. The maximum Gasteiger partial charge on any atom is 0.250 e. The zero-order valence-corrected chi connectivity index (χ0v) is 18.1. The number of thiophene rings is 1. The molecule has 0 spiro atoms. The molecule has 0 unspecified atom stereocenters. The first-order chi connectivity index (χ1) is 13.5. The van der Waals surface area contributed by atoms with E-state index in [-0.39, 0.29) is 10.8 Å². The summed E-state index contributed by atoms with van der Waals surface area (Å²) in [6.07, 6.45) is 0.376. The molecule has 0 aliphatic carbocycles. The van der Waals surface area contributed by atoms with Gasteiger partial charge in [0.15, 0.2) is 0 Å². The molecular formula is C20H20BrNO4S2. The van der Waals surface area contributed by atoms with Gasteiger partial charge < -0.3 is 9.84 Å². The predicted octanol–water partition coefficient (Wildman–Crippen LogP) is 3.97. The van der Waals surface area contributed by atoms with Crippen LogP contribution in [0.5, 0.6) is 5.75 Å². The lowest BCUT2D eigenvalue weighted by atomic mass is 10.1. The highest BCUT2D eigenvalue weighted by molar-refractivity contribution is 9.11. The lowest BCUT2D eigenvalue weighted by molar-refractivity contribution is 0.256. The van der Waals surface area contributed by atoms with Gasteiger partial charge in [0.25, 0.3) is 0 Å². The van der Waals surface area contributed by atoms with Crippen LogP contribution in [-0.2, 0) is 23.1 Å². The first kappa shape index (κ1) is 21.0. The van der Waals surface area contributed by atoms with Crippen molar-refractivity contribution in [3.8, 4) is 5.75 Å². The predicted molar refractivity (Wildman–Crippen MR) is 114 cm³/mol. The van der Waals surface area contributed by atoms with E-state index in [1.807, 2.05) is 54.6 Å². The van der Waals surface area contributed by atoms with E-state index in [1.165, 1.54) is 6.07 Å². The van der Waals surface area contributed by atoms with Gasteiger partial charge in [-0.3, -0.25) is 0 Å². The van der Waals surface area contributed by atoms with Gasteiger partial charge in [-0.15, -0.1) is 11.3 Å². The minimum atomic E-state index is -3.66. The number of hydrogen-bond acceptors (Lipinski definition) is 5. The van der Waals surface area contributed by atoms with E-state index in [2.05, 4.69) is 20.7 Å². The highest BCUT2D eigenvalue weighted by atomic mass is 79.9. The van der Waals surface area contributed by atoms with E-state index >= 15 is 0 Å². The van der Waals surface area contributed by atoms with Crippen LogP contribution in [0.1, 0.15) is 11.1 Å². The Kier molecular flexibility index (Phi) is 7.25. The summed E-state index contributed by atoms with van der Waals surface area (Å²) in [7, 11) is -3.66. The van der Waals surface area contributed by atoms with Gasteiger partial charge in [-0.2, -0.15) is 0 Å². The molecule has 0 saturated heterocycles. The maximum atomic E-state index is 12.4. The van der Waals surface area contributed by atoms with Gasteiger partial charge in [-0.1, -0.05) is 42.5 Å². The molecule has 0 fully saturated rings. The second-order valence-electron chi connectivity index (χ2n) is 6.18. The number of benzene rings is 2. The van der Waals surface area contributed by atoms with Gasteiger partial charge in [-0.25, -0.2) is 13.1 Å². The van der Waals surface area contributed by atoms with Crippen LogP contribution in [-0.4, -0.2) is 26.2 Å². The Balaban J connectivity index is 1.58. The number of halogens is 1. The fourth-order valence-corrected chi connectivity index (χ4v) is 5.86. The standard InChI is InChI=1S/C20H20BrNO4S2/c21-19-10-11-20(27-19)28(24,25)22-17(13-23)12-15-6-8-18(9-7-15)26-14-16-4-2-1-3-5-16/h1-11,17,22-23H,12-14H2/t17-/m0/s1. The summed E-state index contributed by atoms with van der Waals surface area (Å²) < 4.78 is 34.1. The Labute approximate surface area is 177 Å². The van der Waals surface area contributed by atoms with Gasteiger partial charge in [0.05, 0.1) is 10.4 Å². The third-order valence-electron chi connectivity index (χ3n) is 4.01. The number of rotatable bonds is 9. The Hall–Kier alpha value is -1.71. The lowest BCUT2D eigenvalue weighted by Crippen LogP contribution is -2.38. The number of aliphatic hydroxyl groups excluding tert-OH is 1. The fourth-order valence-electron chi connectivity index (χ4n) is 2.61. The van der Waals surface area contributed by atoms with Crippen LogP contribution in [0.15, 0.2) is 74.7 Å². The molecule has 5 nitrogen and oxygen atoms in total. The molecule has 0 radical (unpaired) electrons. The second kappa shape index (κ2) is 9.67. The minimum Gasteiger partial charge on any atom is -0.489 e. The minimum absolute atomic E-state index is 0.211. The Morgan fingerprint density at radius 1 is 1.00 bits per heavy atom. The number of hydrogen-bond donors (Lipinski definition) is 2. The van der Waals surface area contributed by atoms with Crippen LogP contribution in [0.25, 0.3) is 0 Å². The number of nitrogens with one attached hydrogen (secondary N) is 1. The fraction of sp³-hybridized carbons (Fsp3) is 0.200. The first-order valence-corrected chi connectivity index (χ1v) is 11.7. The molecule has 0 aliphatic rings. The first-order valence-electron chi connectivity index (χ1n) is 8.60. The Morgan fingerprint density at radius 2 is 1.71 bits per heavy atom. The summed E-state index contributed by atoms with van der Waals surface area (Å²) in [6, 6.07) is 19.9. The Morgan fingerprint density at radius 3 is 2.32 bits per heavy atom. The van der Waals surface area contributed by atoms with Gasteiger partial charge in [0, 0.05) is 6.04 Å². The lowest BCUT2D eigenvalue weighted by Gasteiger charge is -2.16. The average molecular weight is 482 g/mol. The molecule has 3 aromatic rings. The maximum absolute atomic E-state index is 12.4. The largest absolute Gasteiger partial charge is 0.489 e. The van der Waals surface area contributed by atoms with Crippen LogP contribution in [0.4, 0.5) is 0 Å². The SMILES string of the molecule is O=S(=O)(N[C@H](CO)Cc1ccc(OCc2ccccc2)cc1)c1ccc(Br)s1. The number of ether oxygens (including phenoxy) is 1. The zero-order chi connectivity index (χ0) is 20.0. The second-order valence-corrected chi connectivity index (χ2v) is 10.6. The average Bonchev–Trinajstić information content (AvgIpc) is 3.15. The van der Waals surface area contributed by atoms with Crippen LogP contribution in [0.2, 0.25) is 0 Å². The number of aliphatic hydroxyl groups is 1. The van der Waals surface area contributed by atoms with E-state index in [0.717, 1.165) is 32.0 Å². The van der Waals surface area contributed by atoms with Gasteiger partial charge in [0.2, 0.25) is 10.0 Å². The smallest absolute Gasteiger partial charge is 0.250 e. The van der Waals surface area contributed by atoms with Crippen molar-refractivity contribution in [2.24, 2.45) is 0 Å². The van der Waals surface area contributed by atoms with Crippen molar-refractivity contribution in [1.82, 2.24) is 4.72 Å². The number of sulfonamides is 1. The van der Waals surface area contributed by atoms with Crippen LogP contribution in [0.3, 0.4) is 0 Å². The van der Waals surface area contributed by atoms with Crippen LogP contribution in [0, 0.1) is 0 Å². The molecule has 8 heteroatoms. The van der Waals surface area contributed by atoms with Crippen LogP contribution >= 0.6 is 27.3 Å². The van der Waals surface area contributed by atoms with Gasteiger partial charge >= 0.3 is 0 Å². The van der Waals surface area contributed by atoms with E-state index < -0.39 is 16.1 Å². The summed E-state index contributed by atoms with van der Waals surface area (Å²) in [6.45, 7) is 0.188. The third-order valence-corrected chi connectivity index (χ3v) is 7.65. The molecule has 0 amide bonds. The van der Waals surface area contributed by atoms with E-state index in [4.69, 9.17) is 4.74 Å². The van der Waals surface area contributed by atoms with Crippen molar-refractivity contribution in [3.63, 3.8) is 0 Å². The summed E-state index contributed by atoms with van der Waals surface area (Å²) in [4.78, 5) is 0. The van der Waals surface area contributed by atoms with Crippen molar-refractivity contribution in [2.45, 2.75) is 23.3 Å². The van der Waals surface area contributed by atoms with Crippen molar-refractivity contribution in [3.05, 3.63) is 81.6 Å². The molecule has 1 atom stereocenters. The van der Waals surface area contributed by atoms with E-state index in [1.54, 1.807) is 6.07 Å². The zero-order valence-electron chi connectivity index (χ0n) is 14.9. The quantitative estimate of drug-likeness (QED) is 0.484. The van der Waals surface area contributed by atoms with Crippen molar-refractivity contribution in [1.29, 1.82) is 0 Å². The highest BCUT2D eigenvalue weighted by Crippen LogP contribution is 2.26. The van der Waals surface area contributed by atoms with Crippen LogP contribution < -0.4 is 9.46 Å². The summed E-state index contributed by atoms with van der Waals surface area (Å²) in [5.74, 6) is 0.733. The monoisotopic (exact) mass is 481 g/mol. The third kappa shape index (κ3) is 5.89. The molecule has 2 N–H and O–H groups in total. The Bertz CT molecular complexity index is 989. The molecule has 3 rings (SSSR count). The molecule has 1 aromatic heterocycles. The van der Waals surface area contributed by atoms with Gasteiger partial charge in [-0.05, 0) is 57.7 Å². The molecular weight excluding hydrogens is 462 g/mol. The van der Waals surface area contributed by atoms with E-state index in [0.29, 0.717) is 13.0 Å². The topological polar surface area (TPSA) is 75.6 Å². The molecule has 0 bridgehead atoms. The molecule has 0 saturated carbocycles. The normalized spacial score (nSPS) is 12.6. The summed E-state index contributed by atoms with van der Waals surface area (Å²) in [5.41, 5.74) is 1.99. The van der Waals surface area contributed by atoms with E-state index in [9.17, 15) is 13.5 Å². The highest BCUT2D eigenvalue weighted by Gasteiger charge is 2.21. The van der Waals surface area contributed by atoms with Crippen molar-refractivity contribution < 1.29 is 18.3 Å². The molecule has 28 heavy (non-hydrogen) atoms. The van der Waals surface area contributed by atoms with Gasteiger partial charge in [0.1, 0.15) is 16.6 Å².